The highest BCUT2D eigenvalue weighted by Crippen LogP contribution is 2.25. The van der Waals surface area contributed by atoms with Crippen LogP contribution in [0.15, 0.2) is 95.6 Å². The van der Waals surface area contributed by atoms with Gasteiger partial charge in [-0.05, 0) is 72.8 Å². The van der Waals surface area contributed by atoms with Crippen LogP contribution < -0.4 is 16.0 Å². The number of rotatable bonds is 7. The summed E-state index contributed by atoms with van der Waals surface area (Å²) in [7, 11) is 1.67. The van der Waals surface area contributed by atoms with E-state index < -0.39 is 0 Å². The Morgan fingerprint density at radius 2 is 1.64 bits per heavy atom. The molecule has 1 heterocycles. The van der Waals surface area contributed by atoms with Crippen LogP contribution in [0.5, 0.6) is 0 Å². The summed E-state index contributed by atoms with van der Waals surface area (Å²) in [5, 5.41) is 19.4. The molecule has 0 aliphatic heterocycles. The number of para-hydroxylation sites is 1. The third-order valence-corrected chi connectivity index (χ3v) is 5.23. The van der Waals surface area contributed by atoms with Gasteiger partial charge in [0.1, 0.15) is 11.8 Å². The quantitative estimate of drug-likeness (QED) is 0.236. The number of pyridine rings is 1. The number of hydrogen-bond donors (Lipinski definition) is 3. The molecule has 0 fully saturated rings. The zero-order chi connectivity index (χ0) is 25.3. The first-order valence-corrected chi connectivity index (χ1v) is 11.0. The molecule has 0 aliphatic carbocycles. The van der Waals surface area contributed by atoms with Crippen molar-refractivity contribution in [2.24, 2.45) is 4.99 Å². The lowest BCUT2D eigenvalue weighted by Gasteiger charge is -2.11. The second kappa shape index (κ2) is 11.1. The van der Waals surface area contributed by atoms with Crippen molar-refractivity contribution < 1.29 is 4.79 Å². The summed E-state index contributed by atoms with van der Waals surface area (Å²) in [4.78, 5) is 21.0. The lowest BCUT2D eigenvalue weighted by atomic mass is 10.1. The Kier molecular flexibility index (Phi) is 7.35. The average Bonchev–Trinajstić information content (AvgIpc) is 2.92. The molecule has 0 aliphatic rings. The van der Waals surface area contributed by atoms with Gasteiger partial charge in [-0.2, -0.15) is 5.26 Å². The normalized spacial score (nSPS) is 11.0. The fourth-order valence-corrected chi connectivity index (χ4v) is 3.44. The Morgan fingerprint density at radius 3 is 2.31 bits per heavy atom. The molecule has 7 heteroatoms. The lowest BCUT2D eigenvalue weighted by molar-refractivity contribution is 0.102. The summed E-state index contributed by atoms with van der Waals surface area (Å²) >= 11 is 0. The van der Waals surface area contributed by atoms with Crippen LogP contribution >= 0.6 is 0 Å². The first-order valence-electron chi connectivity index (χ1n) is 11.0. The second-order valence-corrected chi connectivity index (χ2v) is 7.68. The van der Waals surface area contributed by atoms with Crippen LogP contribution in [0.1, 0.15) is 16.1 Å². The molecule has 3 aromatic carbocycles. The molecule has 1 amide bonds. The molecule has 0 radical (unpaired) electrons. The van der Waals surface area contributed by atoms with Gasteiger partial charge in [-0.1, -0.05) is 18.1 Å². The van der Waals surface area contributed by atoms with Gasteiger partial charge < -0.3 is 16.0 Å². The fraction of sp³-hybridized carbons (Fsp3) is 0.0345. The van der Waals surface area contributed by atoms with Crippen molar-refractivity contribution in [1.29, 1.82) is 5.26 Å². The van der Waals surface area contributed by atoms with Gasteiger partial charge in [-0.3, -0.25) is 9.79 Å². The van der Waals surface area contributed by atoms with Crippen molar-refractivity contribution in [3.8, 4) is 18.4 Å². The largest absolute Gasteiger partial charge is 0.354 e. The molecule has 0 bridgehead atoms. The summed E-state index contributed by atoms with van der Waals surface area (Å²) < 4.78 is 0. The number of anilines is 4. The van der Waals surface area contributed by atoms with Crippen LogP contribution in [0.4, 0.5) is 22.7 Å². The zero-order valence-corrected chi connectivity index (χ0v) is 19.5. The van der Waals surface area contributed by atoms with Gasteiger partial charge >= 0.3 is 0 Å². The smallest absolute Gasteiger partial charge is 0.255 e. The van der Waals surface area contributed by atoms with Crippen molar-refractivity contribution in [3.05, 3.63) is 102 Å². The number of amides is 1. The average molecular weight is 471 g/mol. The molecule has 0 saturated heterocycles. The Labute approximate surface area is 209 Å². The molecule has 7 nitrogen and oxygen atoms in total. The molecule has 1 aromatic heterocycles. The summed E-state index contributed by atoms with van der Waals surface area (Å²) in [6, 6.07) is 25.8. The number of fused-ring (bicyclic) bond motifs is 1. The molecule has 4 rings (SSSR count). The third kappa shape index (κ3) is 5.74. The number of aliphatic imine (C=N–C) groups is 1. The number of hydrogen-bond acceptors (Lipinski definition) is 6. The molecule has 0 spiro atoms. The molecular formula is C29H22N6O. The molecule has 174 valence electrons. The van der Waals surface area contributed by atoms with Crippen LogP contribution in [-0.2, 0) is 0 Å². The summed E-state index contributed by atoms with van der Waals surface area (Å²) in [6.07, 6.45) is 8.81. The van der Waals surface area contributed by atoms with Crippen molar-refractivity contribution in [1.82, 2.24) is 4.98 Å². The minimum atomic E-state index is -0.226. The van der Waals surface area contributed by atoms with Crippen LogP contribution in [0, 0.1) is 23.7 Å². The number of nitrogens with one attached hydrogen (secondary N) is 3. The maximum atomic E-state index is 12.7. The van der Waals surface area contributed by atoms with E-state index in [0.717, 1.165) is 22.4 Å². The van der Waals surface area contributed by atoms with E-state index in [2.05, 4.69) is 37.9 Å². The van der Waals surface area contributed by atoms with E-state index >= 15 is 0 Å². The monoisotopic (exact) mass is 470 g/mol. The fourth-order valence-electron chi connectivity index (χ4n) is 3.44. The topological polar surface area (TPSA) is 102 Å². The van der Waals surface area contributed by atoms with Gasteiger partial charge in [0.2, 0.25) is 0 Å². The molecule has 36 heavy (non-hydrogen) atoms. The minimum absolute atomic E-state index is 0.226. The molecule has 0 unspecified atom stereocenters. The highest BCUT2D eigenvalue weighted by Gasteiger charge is 2.08. The number of carbonyl (C=O) groups excluding carboxylic acids is 1. The van der Waals surface area contributed by atoms with Crippen LogP contribution in [0.2, 0.25) is 0 Å². The highest BCUT2D eigenvalue weighted by atomic mass is 16.1. The molecule has 4 aromatic rings. The highest BCUT2D eigenvalue weighted by molar-refractivity contribution is 6.04. The van der Waals surface area contributed by atoms with Crippen LogP contribution in [0.25, 0.3) is 10.9 Å². The Balaban J connectivity index is 1.42. The number of aromatic nitrogens is 1. The van der Waals surface area contributed by atoms with Gasteiger partial charge in [0.05, 0.1) is 16.9 Å². The van der Waals surface area contributed by atoms with Crippen molar-refractivity contribution in [2.45, 2.75) is 0 Å². The van der Waals surface area contributed by atoms with E-state index in [0.29, 0.717) is 28.2 Å². The van der Waals surface area contributed by atoms with Crippen molar-refractivity contribution in [3.63, 3.8) is 0 Å². The van der Waals surface area contributed by atoms with E-state index in [-0.39, 0.29) is 5.91 Å². The SMILES string of the molecule is C#C/C(=C\C=N/C)Nc1ccc(NC(=O)c2ccc(Nc3cccc4ccc(C#N)nc34)cc2)cc1. The molecular weight excluding hydrogens is 448 g/mol. The van der Waals surface area contributed by atoms with E-state index in [4.69, 9.17) is 11.7 Å². The van der Waals surface area contributed by atoms with E-state index in [1.807, 2.05) is 48.5 Å². The molecule has 3 N–H and O–H groups in total. The predicted octanol–water partition coefficient (Wildman–Crippen LogP) is 5.73. The Hall–Kier alpha value is -5.40. The van der Waals surface area contributed by atoms with Crippen LogP contribution in [-0.4, -0.2) is 24.2 Å². The van der Waals surface area contributed by atoms with Gasteiger partial charge in [0, 0.05) is 41.3 Å². The number of nitrogens with zero attached hydrogens (tertiary/aromatic N) is 3. The molecule has 0 atom stereocenters. The number of nitriles is 1. The zero-order valence-electron chi connectivity index (χ0n) is 19.5. The van der Waals surface area contributed by atoms with Gasteiger partial charge in [-0.15, -0.1) is 6.42 Å². The Bertz CT molecular complexity index is 1540. The van der Waals surface area contributed by atoms with Crippen molar-refractivity contribution in [2.75, 3.05) is 23.0 Å². The number of allylic oxidation sites excluding steroid dienone is 2. The maximum Gasteiger partial charge on any atom is 0.255 e. The van der Waals surface area contributed by atoms with Gasteiger partial charge in [0.15, 0.2) is 0 Å². The summed E-state index contributed by atoms with van der Waals surface area (Å²) in [5.74, 6) is 2.33. The first kappa shape index (κ1) is 23.7. The first-order chi connectivity index (χ1) is 17.6. The summed E-state index contributed by atoms with van der Waals surface area (Å²) in [6.45, 7) is 0. The van der Waals surface area contributed by atoms with E-state index in [1.54, 1.807) is 49.7 Å². The third-order valence-electron chi connectivity index (χ3n) is 5.23. The molecule has 0 saturated carbocycles. The van der Waals surface area contributed by atoms with Crippen LogP contribution in [0.3, 0.4) is 0 Å². The van der Waals surface area contributed by atoms with Crippen molar-refractivity contribution >= 4 is 45.8 Å². The maximum absolute atomic E-state index is 12.7. The second-order valence-electron chi connectivity index (χ2n) is 7.68. The van der Waals surface area contributed by atoms with E-state index in [1.165, 1.54) is 0 Å². The van der Waals surface area contributed by atoms with E-state index in [9.17, 15) is 4.79 Å². The standard InChI is InChI=1S/C29H22N6O/c1-3-22(17-18-31-2)32-23-13-15-25(16-14-23)35-29(36)21-8-10-24(11-9-21)33-27-6-4-5-20-7-12-26(19-30)34-28(20)27/h1,4-18,32-33H,2H3,(H,35,36)/b22-17+,31-18-. The predicted molar refractivity (Wildman–Crippen MR) is 146 cm³/mol. The lowest BCUT2D eigenvalue weighted by Crippen LogP contribution is -2.11. The number of terminal acetylenes is 1. The minimum Gasteiger partial charge on any atom is -0.354 e. The number of benzene rings is 3. The summed E-state index contributed by atoms with van der Waals surface area (Å²) in [5.41, 5.74) is 5.18. The van der Waals surface area contributed by atoms with Gasteiger partial charge in [-0.25, -0.2) is 4.98 Å². The number of carbonyl (C=O) groups is 1. The van der Waals surface area contributed by atoms with Gasteiger partial charge in [0.25, 0.3) is 5.91 Å². The Morgan fingerprint density at radius 1 is 0.944 bits per heavy atom.